The van der Waals surface area contributed by atoms with Crippen molar-refractivity contribution in [2.24, 2.45) is 0 Å². The average Bonchev–Trinajstić information content (AvgIpc) is 3.49. The molecule has 0 radical (unpaired) electrons. The summed E-state index contributed by atoms with van der Waals surface area (Å²) in [6, 6.07) is 13.4. The van der Waals surface area contributed by atoms with E-state index in [0.29, 0.717) is 53.1 Å². The van der Waals surface area contributed by atoms with Gasteiger partial charge in [0.15, 0.2) is 10.8 Å². The molecule has 4 aromatic rings. The van der Waals surface area contributed by atoms with Crippen LogP contribution in [0.3, 0.4) is 0 Å². The van der Waals surface area contributed by atoms with Crippen LogP contribution in [0.25, 0.3) is 16.7 Å². The van der Waals surface area contributed by atoms with Gasteiger partial charge in [0.1, 0.15) is 11.2 Å². The van der Waals surface area contributed by atoms with Gasteiger partial charge in [0, 0.05) is 49.1 Å². The smallest absolute Gasteiger partial charge is 0.265 e. The maximum absolute atomic E-state index is 13.4. The second-order valence-corrected chi connectivity index (χ2v) is 10.3. The molecule has 2 aliphatic heterocycles. The molecule has 1 atom stereocenters. The zero-order valence-electron chi connectivity index (χ0n) is 19.2. The van der Waals surface area contributed by atoms with E-state index in [1.54, 1.807) is 33.5 Å². The molecular weight excluding hydrogens is 503 g/mol. The molecule has 4 heterocycles. The van der Waals surface area contributed by atoms with E-state index >= 15 is 0 Å². The van der Waals surface area contributed by atoms with Crippen LogP contribution in [0, 0.1) is 5.82 Å². The molecule has 0 saturated carbocycles. The second-order valence-electron chi connectivity index (χ2n) is 8.86. The minimum absolute atomic E-state index is 0.0221. The molecule has 2 aromatic heterocycles. The third kappa shape index (κ3) is 4.14. The van der Waals surface area contributed by atoms with E-state index in [9.17, 15) is 14.0 Å². The van der Waals surface area contributed by atoms with Crippen molar-refractivity contribution in [3.05, 3.63) is 75.9 Å². The molecule has 1 fully saturated rings. The first-order chi connectivity index (χ1) is 17.5. The number of halogens is 2. The van der Waals surface area contributed by atoms with Crippen molar-refractivity contribution in [1.82, 2.24) is 24.2 Å². The summed E-state index contributed by atoms with van der Waals surface area (Å²) in [5.74, 6) is 0.371. The molecule has 184 valence electrons. The standard InChI is InChI=1S/C25H22ClFN6O2S/c26-16-2-1-3-19(12-16)33-23-21(14-28-33)24(35)32-20(15-36-25(32)29-23)13-22(34)31-10-8-30(9-11-31)18-6-4-17(27)5-7-18/h1-7,12,14,20H,8-11,13,15H2. The molecule has 1 amide bonds. The molecule has 1 saturated heterocycles. The number of carbonyl (C=O) groups excluding carboxylic acids is 1. The first-order valence-corrected chi connectivity index (χ1v) is 13.0. The van der Waals surface area contributed by atoms with Gasteiger partial charge in [-0.15, -0.1) is 0 Å². The number of fused-ring (bicyclic) bond motifs is 2. The van der Waals surface area contributed by atoms with Gasteiger partial charge in [0.2, 0.25) is 5.91 Å². The first kappa shape index (κ1) is 23.1. The Morgan fingerprint density at radius 3 is 2.61 bits per heavy atom. The number of amides is 1. The van der Waals surface area contributed by atoms with Gasteiger partial charge in [-0.25, -0.2) is 14.1 Å². The lowest BCUT2D eigenvalue weighted by Crippen LogP contribution is -2.49. The Bertz CT molecular complexity index is 1510. The fourth-order valence-corrected chi connectivity index (χ4v) is 6.09. The molecule has 8 nitrogen and oxygen atoms in total. The highest BCUT2D eigenvalue weighted by Crippen LogP contribution is 2.34. The van der Waals surface area contributed by atoms with Gasteiger partial charge in [-0.3, -0.25) is 14.2 Å². The van der Waals surface area contributed by atoms with Gasteiger partial charge in [-0.1, -0.05) is 29.4 Å². The van der Waals surface area contributed by atoms with Crippen LogP contribution >= 0.6 is 23.4 Å². The van der Waals surface area contributed by atoms with Gasteiger partial charge in [0.05, 0.1) is 17.9 Å². The van der Waals surface area contributed by atoms with E-state index < -0.39 is 0 Å². The number of carbonyl (C=O) groups is 1. The predicted molar refractivity (Wildman–Crippen MR) is 138 cm³/mol. The number of hydrogen-bond acceptors (Lipinski definition) is 6. The Morgan fingerprint density at radius 1 is 1.08 bits per heavy atom. The minimum Gasteiger partial charge on any atom is -0.368 e. The lowest BCUT2D eigenvalue weighted by atomic mass is 10.1. The molecule has 0 aliphatic carbocycles. The van der Waals surface area contributed by atoms with Crippen molar-refractivity contribution in [3.8, 4) is 5.69 Å². The van der Waals surface area contributed by atoms with Crippen LogP contribution in [0.4, 0.5) is 10.1 Å². The molecule has 11 heteroatoms. The van der Waals surface area contributed by atoms with Crippen LogP contribution in [0.5, 0.6) is 0 Å². The SMILES string of the molecule is O=C(CC1CSc2nc3c(cnn3-c3cccc(Cl)c3)c(=O)n21)N1CCN(c2ccc(F)cc2)CC1. The summed E-state index contributed by atoms with van der Waals surface area (Å²) in [6.45, 7) is 2.53. The number of anilines is 1. The van der Waals surface area contributed by atoms with Crippen molar-refractivity contribution >= 4 is 46.0 Å². The van der Waals surface area contributed by atoms with Crippen molar-refractivity contribution < 1.29 is 9.18 Å². The second kappa shape index (κ2) is 9.25. The van der Waals surface area contributed by atoms with Gasteiger partial charge in [-0.05, 0) is 42.5 Å². The quantitative estimate of drug-likeness (QED) is 0.378. The van der Waals surface area contributed by atoms with Crippen molar-refractivity contribution in [2.45, 2.75) is 17.6 Å². The fourth-order valence-electron chi connectivity index (χ4n) is 4.77. The van der Waals surface area contributed by atoms with Crippen LogP contribution in [-0.2, 0) is 4.79 Å². The van der Waals surface area contributed by atoms with Gasteiger partial charge < -0.3 is 9.80 Å². The van der Waals surface area contributed by atoms with E-state index in [-0.39, 0.29) is 29.7 Å². The van der Waals surface area contributed by atoms with Crippen LogP contribution < -0.4 is 10.5 Å². The van der Waals surface area contributed by atoms with Gasteiger partial charge >= 0.3 is 0 Å². The molecule has 0 spiro atoms. The average molecular weight is 525 g/mol. The van der Waals surface area contributed by atoms with E-state index in [0.717, 1.165) is 11.4 Å². The lowest BCUT2D eigenvalue weighted by Gasteiger charge is -2.36. The molecule has 6 rings (SSSR count). The van der Waals surface area contributed by atoms with E-state index in [1.807, 2.05) is 17.0 Å². The molecule has 36 heavy (non-hydrogen) atoms. The molecule has 2 aromatic carbocycles. The Morgan fingerprint density at radius 2 is 1.86 bits per heavy atom. The lowest BCUT2D eigenvalue weighted by molar-refractivity contribution is -0.132. The van der Waals surface area contributed by atoms with E-state index in [4.69, 9.17) is 16.6 Å². The van der Waals surface area contributed by atoms with E-state index in [2.05, 4.69) is 10.00 Å². The Labute approximate surface area is 215 Å². The monoisotopic (exact) mass is 524 g/mol. The highest BCUT2D eigenvalue weighted by Gasteiger charge is 2.32. The van der Waals surface area contributed by atoms with Crippen molar-refractivity contribution in [3.63, 3.8) is 0 Å². The van der Waals surface area contributed by atoms with Crippen LogP contribution in [0.2, 0.25) is 5.02 Å². The topological polar surface area (TPSA) is 76.3 Å². The highest BCUT2D eigenvalue weighted by molar-refractivity contribution is 7.99. The van der Waals surface area contributed by atoms with E-state index in [1.165, 1.54) is 30.1 Å². The van der Waals surface area contributed by atoms with Gasteiger partial charge in [-0.2, -0.15) is 5.10 Å². The summed E-state index contributed by atoms with van der Waals surface area (Å²) < 4.78 is 16.5. The third-order valence-electron chi connectivity index (χ3n) is 6.66. The number of thioether (sulfide) groups is 1. The number of benzene rings is 2. The first-order valence-electron chi connectivity index (χ1n) is 11.7. The highest BCUT2D eigenvalue weighted by atomic mass is 35.5. The summed E-state index contributed by atoms with van der Waals surface area (Å²) >= 11 is 7.61. The predicted octanol–water partition coefficient (Wildman–Crippen LogP) is 3.76. The molecule has 0 N–H and O–H groups in total. The number of aromatic nitrogens is 4. The number of hydrogen-bond donors (Lipinski definition) is 0. The van der Waals surface area contributed by atoms with Crippen molar-refractivity contribution in [2.75, 3.05) is 36.8 Å². The summed E-state index contributed by atoms with van der Waals surface area (Å²) in [6.07, 6.45) is 1.77. The largest absolute Gasteiger partial charge is 0.368 e. The van der Waals surface area contributed by atoms with Crippen LogP contribution in [-0.4, -0.2) is 62.1 Å². The van der Waals surface area contributed by atoms with Crippen LogP contribution in [0.15, 0.2) is 64.7 Å². The number of nitrogens with zero attached hydrogens (tertiary/aromatic N) is 6. The minimum atomic E-state index is -0.263. The maximum atomic E-state index is 13.4. The fraction of sp³-hybridized carbons (Fsp3) is 0.280. The molecule has 1 unspecified atom stereocenters. The summed E-state index contributed by atoms with van der Waals surface area (Å²) in [5.41, 5.74) is 1.96. The normalized spacial score (nSPS) is 17.6. The Hall–Kier alpha value is -3.37. The Balaban J connectivity index is 1.18. The number of piperazine rings is 1. The maximum Gasteiger partial charge on any atom is 0.265 e. The summed E-state index contributed by atoms with van der Waals surface area (Å²) in [5, 5.41) is 5.95. The van der Waals surface area contributed by atoms with Crippen molar-refractivity contribution in [1.29, 1.82) is 0 Å². The molecule has 0 bridgehead atoms. The summed E-state index contributed by atoms with van der Waals surface area (Å²) in [4.78, 5) is 35.2. The summed E-state index contributed by atoms with van der Waals surface area (Å²) in [7, 11) is 0. The zero-order valence-corrected chi connectivity index (χ0v) is 20.8. The zero-order chi connectivity index (χ0) is 24.8. The molecule has 2 aliphatic rings. The molecular formula is C25H22ClFN6O2S. The third-order valence-corrected chi connectivity index (χ3v) is 7.99. The number of rotatable bonds is 4. The van der Waals surface area contributed by atoms with Gasteiger partial charge in [0.25, 0.3) is 5.56 Å². The Kier molecular flexibility index (Phi) is 5.93. The van der Waals surface area contributed by atoms with Crippen LogP contribution in [0.1, 0.15) is 12.5 Å².